The number of methoxy groups -OCH3 is 1. The van der Waals surface area contributed by atoms with Crippen molar-refractivity contribution >= 4 is 23.7 Å². The lowest BCUT2D eigenvalue weighted by Crippen LogP contribution is -2.47. The van der Waals surface area contributed by atoms with E-state index in [9.17, 15) is 14.7 Å². The number of benzene rings is 1. The summed E-state index contributed by atoms with van der Waals surface area (Å²) in [6.07, 6.45) is -2.15. The number of halogens is 1. The molecule has 6 nitrogen and oxygen atoms in total. The van der Waals surface area contributed by atoms with Gasteiger partial charge < -0.3 is 19.9 Å². The van der Waals surface area contributed by atoms with E-state index in [0.29, 0.717) is 10.6 Å². The smallest absolute Gasteiger partial charge is 0.408 e. The summed E-state index contributed by atoms with van der Waals surface area (Å²) in [5, 5.41) is 13.0. The van der Waals surface area contributed by atoms with E-state index >= 15 is 0 Å². The fourth-order valence-electron chi connectivity index (χ4n) is 1.71. The van der Waals surface area contributed by atoms with Gasteiger partial charge in [-0.3, -0.25) is 0 Å². The molecule has 0 unspecified atom stereocenters. The van der Waals surface area contributed by atoms with Gasteiger partial charge in [0.2, 0.25) is 0 Å². The number of rotatable bonds is 4. The van der Waals surface area contributed by atoms with Crippen molar-refractivity contribution in [2.24, 2.45) is 0 Å². The van der Waals surface area contributed by atoms with Crippen molar-refractivity contribution < 1.29 is 24.2 Å². The zero-order chi connectivity index (χ0) is 16.9. The van der Waals surface area contributed by atoms with Gasteiger partial charge in [-0.1, -0.05) is 23.7 Å². The Balaban J connectivity index is 2.93. The van der Waals surface area contributed by atoms with Crippen LogP contribution in [0.3, 0.4) is 0 Å². The summed E-state index contributed by atoms with van der Waals surface area (Å²) in [4.78, 5) is 23.6. The molecule has 1 aromatic carbocycles. The Bertz CT molecular complexity index is 541. The maximum atomic E-state index is 11.8. The van der Waals surface area contributed by atoms with Crippen LogP contribution in [0.25, 0.3) is 0 Å². The number of ether oxygens (including phenoxy) is 2. The summed E-state index contributed by atoms with van der Waals surface area (Å²) in [6.45, 7) is 5.06. The van der Waals surface area contributed by atoms with Gasteiger partial charge in [-0.15, -0.1) is 0 Å². The summed E-state index contributed by atoms with van der Waals surface area (Å²) in [5.41, 5.74) is -0.356. The molecular formula is C15H20ClNO5. The number of carbonyl (C=O) groups excluding carboxylic acids is 2. The van der Waals surface area contributed by atoms with E-state index in [1.54, 1.807) is 39.0 Å². The number of hydrogen-bond acceptors (Lipinski definition) is 5. The van der Waals surface area contributed by atoms with Crippen LogP contribution in [0.1, 0.15) is 32.4 Å². The highest BCUT2D eigenvalue weighted by atomic mass is 35.5. The van der Waals surface area contributed by atoms with Crippen molar-refractivity contribution in [2.75, 3.05) is 7.11 Å². The lowest BCUT2D eigenvalue weighted by Gasteiger charge is -2.25. The molecule has 7 heteroatoms. The maximum absolute atomic E-state index is 11.8. The molecule has 1 aromatic rings. The molecule has 0 spiro atoms. The van der Waals surface area contributed by atoms with E-state index in [0.717, 1.165) is 7.11 Å². The molecular weight excluding hydrogens is 310 g/mol. The van der Waals surface area contributed by atoms with Crippen LogP contribution in [-0.4, -0.2) is 35.9 Å². The van der Waals surface area contributed by atoms with Crippen molar-refractivity contribution in [3.05, 3.63) is 34.9 Å². The number of carbonyl (C=O) groups is 2. The van der Waals surface area contributed by atoms with Crippen LogP contribution in [0, 0.1) is 0 Å². The summed E-state index contributed by atoms with van der Waals surface area (Å²) in [5.74, 6) is -0.793. The predicted molar refractivity (Wildman–Crippen MR) is 81.6 cm³/mol. The lowest BCUT2D eigenvalue weighted by molar-refractivity contribution is -0.146. The summed E-state index contributed by atoms with van der Waals surface area (Å²) in [6, 6.07) is 5.04. The molecule has 0 saturated carbocycles. The van der Waals surface area contributed by atoms with Crippen molar-refractivity contribution in [1.82, 2.24) is 5.32 Å². The van der Waals surface area contributed by atoms with Crippen LogP contribution in [0.4, 0.5) is 4.79 Å². The van der Waals surface area contributed by atoms with Gasteiger partial charge in [0.1, 0.15) is 11.7 Å². The van der Waals surface area contributed by atoms with E-state index in [1.807, 2.05) is 0 Å². The van der Waals surface area contributed by atoms with Crippen molar-refractivity contribution in [1.29, 1.82) is 0 Å². The second kappa shape index (κ2) is 7.47. The third kappa shape index (κ3) is 5.54. The van der Waals surface area contributed by atoms with E-state index < -0.39 is 29.8 Å². The Morgan fingerprint density at radius 1 is 1.32 bits per heavy atom. The Kier molecular flexibility index (Phi) is 6.20. The van der Waals surface area contributed by atoms with Gasteiger partial charge in [0, 0.05) is 5.02 Å². The highest BCUT2D eigenvalue weighted by Gasteiger charge is 2.32. The molecule has 0 fully saturated rings. The predicted octanol–water partition coefficient (Wildman–Crippen LogP) is 2.44. The van der Waals surface area contributed by atoms with E-state index in [2.05, 4.69) is 10.1 Å². The van der Waals surface area contributed by atoms with Gasteiger partial charge in [0.25, 0.3) is 0 Å². The minimum Gasteiger partial charge on any atom is -0.467 e. The maximum Gasteiger partial charge on any atom is 0.408 e. The highest BCUT2D eigenvalue weighted by molar-refractivity contribution is 6.30. The molecule has 2 N–H and O–H groups in total. The molecule has 122 valence electrons. The van der Waals surface area contributed by atoms with Crippen LogP contribution in [0.5, 0.6) is 0 Å². The van der Waals surface area contributed by atoms with Crippen molar-refractivity contribution in [3.63, 3.8) is 0 Å². The van der Waals surface area contributed by atoms with Crippen molar-refractivity contribution in [3.8, 4) is 0 Å². The number of nitrogens with one attached hydrogen (secondary N) is 1. The number of esters is 1. The fourth-order valence-corrected chi connectivity index (χ4v) is 1.91. The quantitative estimate of drug-likeness (QED) is 0.829. The van der Waals surface area contributed by atoms with Crippen LogP contribution in [-0.2, 0) is 14.3 Å². The first-order chi connectivity index (χ1) is 10.1. The molecule has 0 aromatic heterocycles. The lowest BCUT2D eigenvalue weighted by atomic mass is 10.0. The second-order valence-electron chi connectivity index (χ2n) is 5.65. The average molecular weight is 330 g/mol. The third-order valence-corrected chi connectivity index (χ3v) is 2.87. The fraction of sp³-hybridized carbons (Fsp3) is 0.467. The summed E-state index contributed by atoms with van der Waals surface area (Å²) >= 11 is 5.86. The Hall–Kier alpha value is -1.79. The van der Waals surface area contributed by atoms with Crippen LogP contribution < -0.4 is 5.32 Å². The monoisotopic (exact) mass is 329 g/mol. The number of hydrogen-bond donors (Lipinski definition) is 2. The third-order valence-electron chi connectivity index (χ3n) is 2.63. The normalized spacial score (nSPS) is 13.9. The largest absolute Gasteiger partial charge is 0.467 e. The second-order valence-corrected chi connectivity index (χ2v) is 6.08. The first-order valence-corrected chi connectivity index (χ1v) is 7.02. The van der Waals surface area contributed by atoms with Crippen LogP contribution in [0.15, 0.2) is 24.3 Å². The number of alkyl carbamates (subject to hydrolysis) is 1. The molecule has 0 aliphatic heterocycles. The minimum absolute atomic E-state index is 0.374. The standard InChI is InChI=1S/C15H20ClNO5/c1-15(2,3)22-14(20)17-11(13(19)21-4)12(18)9-6-5-7-10(16)8-9/h5-8,11-12,18H,1-4H3,(H,17,20)/t11-,12+/m0/s1. The van der Waals surface area contributed by atoms with Crippen LogP contribution in [0.2, 0.25) is 5.02 Å². The summed E-state index contributed by atoms with van der Waals surface area (Å²) < 4.78 is 9.69. The summed E-state index contributed by atoms with van der Waals surface area (Å²) in [7, 11) is 1.16. The number of aliphatic hydroxyl groups excluding tert-OH is 1. The van der Waals surface area contributed by atoms with Gasteiger partial charge in [-0.2, -0.15) is 0 Å². The first-order valence-electron chi connectivity index (χ1n) is 6.65. The number of amides is 1. The molecule has 0 aliphatic carbocycles. The Morgan fingerprint density at radius 2 is 1.95 bits per heavy atom. The van der Waals surface area contributed by atoms with E-state index in [4.69, 9.17) is 16.3 Å². The van der Waals surface area contributed by atoms with E-state index in [-0.39, 0.29) is 0 Å². The topological polar surface area (TPSA) is 84.9 Å². The molecule has 22 heavy (non-hydrogen) atoms. The van der Waals surface area contributed by atoms with E-state index in [1.165, 1.54) is 6.07 Å². The zero-order valence-electron chi connectivity index (χ0n) is 12.9. The van der Waals surface area contributed by atoms with Gasteiger partial charge in [-0.25, -0.2) is 9.59 Å². The van der Waals surface area contributed by atoms with Gasteiger partial charge in [0.05, 0.1) is 7.11 Å². The molecule has 0 bridgehead atoms. The van der Waals surface area contributed by atoms with Crippen molar-refractivity contribution in [2.45, 2.75) is 38.5 Å². The molecule has 0 heterocycles. The minimum atomic E-state index is -1.32. The van der Waals surface area contributed by atoms with Gasteiger partial charge in [0.15, 0.2) is 6.04 Å². The molecule has 0 aliphatic rings. The van der Waals surface area contributed by atoms with Gasteiger partial charge >= 0.3 is 12.1 Å². The molecule has 2 atom stereocenters. The molecule has 0 radical (unpaired) electrons. The highest BCUT2D eigenvalue weighted by Crippen LogP contribution is 2.21. The molecule has 1 amide bonds. The average Bonchev–Trinajstić information content (AvgIpc) is 2.41. The first kappa shape index (κ1) is 18.3. The molecule has 1 rings (SSSR count). The SMILES string of the molecule is COC(=O)[C@@H](NC(=O)OC(C)(C)C)[C@H](O)c1cccc(Cl)c1. The Morgan fingerprint density at radius 3 is 2.45 bits per heavy atom. The molecule has 0 saturated heterocycles. The zero-order valence-corrected chi connectivity index (χ0v) is 13.7. The van der Waals surface area contributed by atoms with Crippen LogP contribution >= 0.6 is 11.6 Å². The van der Waals surface area contributed by atoms with Gasteiger partial charge in [-0.05, 0) is 38.5 Å². The Labute approximate surface area is 134 Å². The number of aliphatic hydroxyl groups is 1.